The number of nitrogens with zero attached hydrogens (tertiary/aromatic N) is 7. The van der Waals surface area contributed by atoms with Gasteiger partial charge in [0.05, 0.1) is 23.7 Å². The lowest BCUT2D eigenvalue weighted by molar-refractivity contribution is -0.111. The third kappa shape index (κ3) is 7.61. The molecule has 6 heterocycles. The molecule has 2 amide bonds. The van der Waals surface area contributed by atoms with Crippen LogP contribution in [0.15, 0.2) is 60.2 Å². The van der Waals surface area contributed by atoms with Gasteiger partial charge in [0, 0.05) is 100 Å². The monoisotopic (exact) mass is 775 g/mol. The van der Waals surface area contributed by atoms with Gasteiger partial charge in [-0.2, -0.15) is 0 Å². The molecular formula is C43H53N9O5. The molecule has 3 aromatic heterocycles. The highest BCUT2D eigenvalue weighted by Crippen LogP contribution is 2.40. The van der Waals surface area contributed by atoms with Crippen LogP contribution in [-0.2, 0) is 42.6 Å². The lowest BCUT2D eigenvalue weighted by Gasteiger charge is -2.43. The number of piperazine rings is 1. The summed E-state index contributed by atoms with van der Waals surface area (Å²) >= 11 is 0. The highest BCUT2D eigenvalue weighted by atomic mass is 16.5. The number of hydrogen-bond donors (Lipinski definition) is 3. The van der Waals surface area contributed by atoms with Crippen molar-refractivity contribution in [3.63, 3.8) is 0 Å². The summed E-state index contributed by atoms with van der Waals surface area (Å²) in [5.74, 6) is 0.592. The normalized spacial score (nSPS) is 19.7. The van der Waals surface area contributed by atoms with Crippen LogP contribution in [0.3, 0.4) is 0 Å². The van der Waals surface area contributed by atoms with Crippen molar-refractivity contribution in [2.45, 2.75) is 65.6 Å². The van der Waals surface area contributed by atoms with Gasteiger partial charge in [0.2, 0.25) is 5.91 Å². The van der Waals surface area contributed by atoms with Gasteiger partial charge in [-0.05, 0) is 85.9 Å². The van der Waals surface area contributed by atoms with Crippen LogP contribution in [0.4, 0.5) is 28.7 Å². The van der Waals surface area contributed by atoms with E-state index in [0.29, 0.717) is 58.7 Å². The molecule has 8 rings (SSSR count). The Bertz CT molecular complexity index is 2270. The summed E-state index contributed by atoms with van der Waals surface area (Å²) in [4.78, 5) is 56.0. The average Bonchev–Trinajstić information content (AvgIpc) is 3.69. The maximum absolute atomic E-state index is 14.0. The fourth-order valence-corrected chi connectivity index (χ4v) is 9.18. The minimum absolute atomic E-state index is 0.0606. The molecule has 4 aromatic rings. The first-order valence-electron chi connectivity index (χ1n) is 20.0. The minimum atomic E-state index is -0.392. The van der Waals surface area contributed by atoms with Crippen molar-refractivity contribution in [1.82, 2.24) is 24.0 Å². The first-order chi connectivity index (χ1) is 27.4. The Morgan fingerprint density at radius 3 is 2.65 bits per heavy atom. The molecule has 0 bridgehead atoms. The number of aliphatic hydroxyl groups excluding tert-OH is 1. The van der Waals surface area contributed by atoms with Crippen molar-refractivity contribution in [2.75, 3.05) is 66.4 Å². The van der Waals surface area contributed by atoms with Gasteiger partial charge in [-0.1, -0.05) is 20.4 Å². The van der Waals surface area contributed by atoms with Crippen molar-refractivity contribution in [2.24, 2.45) is 18.4 Å². The maximum Gasteiger partial charge on any atom is 0.293 e. The molecule has 1 aromatic carbocycles. The van der Waals surface area contributed by atoms with Gasteiger partial charge in [0.1, 0.15) is 11.5 Å². The molecule has 0 saturated carbocycles. The van der Waals surface area contributed by atoms with Crippen molar-refractivity contribution in [1.29, 1.82) is 0 Å². The van der Waals surface area contributed by atoms with E-state index in [4.69, 9.17) is 9.72 Å². The molecule has 3 N–H and O–H groups in total. The average molecular weight is 776 g/mol. The van der Waals surface area contributed by atoms with Crippen LogP contribution in [0.25, 0.3) is 11.3 Å². The molecule has 14 nitrogen and oxygen atoms in total. The topological polar surface area (TPSA) is 150 Å². The number of hydrogen-bond acceptors (Lipinski definition) is 10. The Balaban J connectivity index is 1.05. The predicted octanol–water partition coefficient (Wildman–Crippen LogP) is 4.73. The van der Waals surface area contributed by atoms with Gasteiger partial charge >= 0.3 is 0 Å². The Labute approximate surface area is 333 Å². The van der Waals surface area contributed by atoms with Crippen LogP contribution >= 0.6 is 0 Å². The number of carbonyl (C=O) groups is 2. The fraction of sp³-hybridized carbons (Fsp3) is 0.465. The molecule has 14 heteroatoms. The SMILES string of the molecule is C=CC(=O)Nc1cc(Nc2nc(-c3ccnc(N4CCn5c(cc6c5CC(C)(C)C6)C4=O)c3CO)cn(C)c2=O)ccc1N1CCN(CC2CCOCC2)C[C@@H]1C. The molecule has 0 unspecified atom stereocenters. The lowest BCUT2D eigenvalue weighted by atomic mass is 9.90. The van der Waals surface area contributed by atoms with E-state index in [1.165, 1.54) is 21.9 Å². The summed E-state index contributed by atoms with van der Waals surface area (Å²) in [7, 11) is 1.64. The Morgan fingerprint density at radius 1 is 1.09 bits per heavy atom. The molecule has 1 atom stereocenters. The summed E-state index contributed by atoms with van der Waals surface area (Å²) in [6.07, 6.45) is 8.52. The number of benzene rings is 1. The van der Waals surface area contributed by atoms with Crippen molar-refractivity contribution in [3.05, 3.63) is 88.2 Å². The van der Waals surface area contributed by atoms with Crippen LogP contribution in [0.1, 0.15) is 60.9 Å². The summed E-state index contributed by atoms with van der Waals surface area (Å²) in [5.41, 5.74) is 6.36. The molecule has 300 valence electrons. The number of aliphatic hydroxyl groups is 1. The summed E-state index contributed by atoms with van der Waals surface area (Å²) in [6.45, 7) is 16.4. The number of fused-ring (bicyclic) bond motifs is 3. The highest BCUT2D eigenvalue weighted by molar-refractivity contribution is 6.06. The molecular weight excluding hydrogens is 723 g/mol. The van der Waals surface area contributed by atoms with E-state index < -0.39 is 6.61 Å². The predicted molar refractivity (Wildman–Crippen MR) is 221 cm³/mol. The van der Waals surface area contributed by atoms with Crippen LogP contribution < -0.4 is 26.0 Å². The van der Waals surface area contributed by atoms with Gasteiger partial charge < -0.3 is 34.5 Å². The number of amides is 2. The molecule has 57 heavy (non-hydrogen) atoms. The third-order valence-electron chi connectivity index (χ3n) is 12.0. The molecule has 3 aliphatic heterocycles. The summed E-state index contributed by atoms with van der Waals surface area (Å²) in [6, 6.07) is 9.61. The number of anilines is 5. The number of nitrogens with one attached hydrogen (secondary N) is 2. The highest BCUT2D eigenvalue weighted by Gasteiger charge is 2.38. The van der Waals surface area contributed by atoms with Crippen LogP contribution in [0, 0.1) is 11.3 Å². The largest absolute Gasteiger partial charge is 0.392 e. The van der Waals surface area contributed by atoms with E-state index >= 15 is 0 Å². The Hall–Kier alpha value is -5.31. The number of aromatic nitrogens is 4. The van der Waals surface area contributed by atoms with Crippen molar-refractivity contribution >= 4 is 40.5 Å². The van der Waals surface area contributed by atoms with Crippen LogP contribution in [-0.4, -0.2) is 92.9 Å². The Kier molecular flexibility index (Phi) is 10.5. The number of pyridine rings is 1. The first-order valence-corrected chi connectivity index (χ1v) is 20.0. The Morgan fingerprint density at radius 2 is 1.89 bits per heavy atom. The smallest absolute Gasteiger partial charge is 0.293 e. The van der Waals surface area contributed by atoms with Crippen LogP contribution in [0.2, 0.25) is 0 Å². The molecule has 2 saturated heterocycles. The zero-order valence-electron chi connectivity index (χ0n) is 33.4. The third-order valence-corrected chi connectivity index (χ3v) is 12.0. The second-order valence-electron chi connectivity index (χ2n) is 16.7. The van der Waals surface area contributed by atoms with Gasteiger partial charge in [-0.15, -0.1) is 0 Å². The van der Waals surface area contributed by atoms with Gasteiger partial charge in [-0.25, -0.2) is 9.97 Å². The van der Waals surface area contributed by atoms with E-state index in [1.807, 2.05) is 24.3 Å². The minimum Gasteiger partial charge on any atom is -0.392 e. The second-order valence-corrected chi connectivity index (χ2v) is 16.7. The van der Waals surface area contributed by atoms with Gasteiger partial charge in [-0.3, -0.25) is 24.2 Å². The fourth-order valence-electron chi connectivity index (χ4n) is 9.18. The number of aryl methyl sites for hydroxylation is 1. The molecule has 0 spiro atoms. The van der Waals surface area contributed by atoms with E-state index in [0.717, 1.165) is 70.8 Å². The van der Waals surface area contributed by atoms with Gasteiger partial charge in [0.15, 0.2) is 5.82 Å². The maximum atomic E-state index is 14.0. The standard InChI is InChI=1S/C43H53N9O5/c1-6-38(54)46-33-20-30(7-8-35(33)50-14-13-49(23-27(50)2)24-28-10-17-57-18-11-28)45-39-42(56)48(5)25-34(47-39)31-9-12-44-40(32(31)26-53)52-16-15-51-36(41(52)55)19-29-21-43(3,4)22-37(29)51/h6-9,12,19-20,25,27-28,53H,1,10-11,13-18,21-24,26H2,2-5H3,(H,45,47)(H,46,54)/t27-/m0/s1. The first kappa shape index (κ1) is 38.6. The van der Waals surface area contributed by atoms with E-state index in [2.05, 4.69) is 57.3 Å². The van der Waals surface area contributed by atoms with E-state index in [9.17, 15) is 19.5 Å². The van der Waals surface area contributed by atoms with Gasteiger partial charge in [0.25, 0.3) is 11.5 Å². The quantitative estimate of drug-likeness (QED) is 0.193. The van der Waals surface area contributed by atoms with E-state index in [1.54, 1.807) is 30.4 Å². The number of rotatable bonds is 10. The van der Waals surface area contributed by atoms with Crippen molar-refractivity contribution in [3.8, 4) is 11.3 Å². The lowest BCUT2D eigenvalue weighted by Crippen LogP contribution is -2.53. The van der Waals surface area contributed by atoms with Crippen LogP contribution in [0.5, 0.6) is 0 Å². The zero-order chi connectivity index (χ0) is 40.0. The molecule has 2 fully saturated rings. The van der Waals surface area contributed by atoms with E-state index in [-0.39, 0.29) is 34.6 Å². The molecule has 4 aliphatic rings. The second kappa shape index (κ2) is 15.6. The number of carbonyl (C=O) groups excluding carboxylic acids is 2. The molecule has 1 aliphatic carbocycles. The molecule has 0 radical (unpaired) electrons. The summed E-state index contributed by atoms with van der Waals surface area (Å²) in [5, 5.41) is 17.0. The van der Waals surface area contributed by atoms with Crippen molar-refractivity contribution < 1.29 is 19.4 Å². The zero-order valence-corrected chi connectivity index (χ0v) is 33.4. The number of ether oxygens (including phenoxy) is 1. The summed E-state index contributed by atoms with van der Waals surface area (Å²) < 4.78 is 9.15.